The van der Waals surface area contributed by atoms with Gasteiger partial charge in [-0.1, -0.05) is 18.2 Å². The van der Waals surface area contributed by atoms with Crippen molar-refractivity contribution in [1.29, 1.82) is 0 Å². The molecule has 2 amide bonds. The summed E-state index contributed by atoms with van der Waals surface area (Å²) in [5.74, 6) is -0.500. The smallest absolute Gasteiger partial charge is 0.339 e. The van der Waals surface area contributed by atoms with Gasteiger partial charge >= 0.3 is 5.97 Å². The lowest BCUT2D eigenvalue weighted by molar-refractivity contribution is -0.119. The first-order valence-electron chi connectivity index (χ1n) is 11.5. The Kier molecular flexibility index (Phi) is 6.32. The zero-order chi connectivity index (χ0) is 25.1. The number of rotatable bonds is 6. The summed E-state index contributed by atoms with van der Waals surface area (Å²) < 4.78 is 10.9. The molecule has 0 radical (unpaired) electrons. The molecule has 4 aromatic rings. The molecule has 8 heteroatoms. The molecule has 5 rings (SSSR count). The molecule has 2 aromatic carbocycles. The van der Waals surface area contributed by atoms with E-state index in [9.17, 15) is 14.4 Å². The number of ether oxygens (including phenoxy) is 1. The Morgan fingerprint density at radius 1 is 0.972 bits per heavy atom. The number of carbonyl (C=O) groups is 3. The zero-order valence-electron chi connectivity index (χ0n) is 19.5. The van der Waals surface area contributed by atoms with Gasteiger partial charge in [0.1, 0.15) is 5.76 Å². The fraction of sp³-hybridized carbons (Fsp3) is 0.143. The van der Waals surface area contributed by atoms with E-state index in [4.69, 9.17) is 14.1 Å². The number of nitrogens with zero attached hydrogens (tertiary/aromatic N) is 1. The lowest BCUT2D eigenvalue weighted by Crippen LogP contribution is -2.21. The van der Waals surface area contributed by atoms with E-state index < -0.39 is 18.5 Å². The summed E-state index contributed by atoms with van der Waals surface area (Å²) in [6.45, 7) is 0.981. The molecule has 0 unspecified atom stereocenters. The van der Waals surface area contributed by atoms with Gasteiger partial charge in [0.05, 0.1) is 23.0 Å². The first-order valence-corrected chi connectivity index (χ1v) is 11.5. The zero-order valence-corrected chi connectivity index (χ0v) is 19.5. The molecule has 0 spiro atoms. The predicted octanol–water partition coefficient (Wildman–Crippen LogP) is 5.07. The van der Waals surface area contributed by atoms with Crippen LogP contribution in [-0.4, -0.2) is 29.4 Å². The fourth-order valence-corrected chi connectivity index (χ4v) is 4.30. The van der Waals surface area contributed by atoms with E-state index in [1.807, 2.05) is 42.5 Å². The van der Waals surface area contributed by atoms with Crippen LogP contribution in [0.3, 0.4) is 0 Å². The van der Waals surface area contributed by atoms with Crippen LogP contribution in [-0.2, 0) is 20.7 Å². The van der Waals surface area contributed by atoms with Crippen LogP contribution in [0.25, 0.3) is 22.6 Å². The van der Waals surface area contributed by atoms with Crippen molar-refractivity contribution in [3.05, 3.63) is 89.5 Å². The third-order valence-electron chi connectivity index (χ3n) is 5.83. The average Bonchev–Trinajstić information content (AvgIpc) is 3.52. The van der Waals surface area contributed by atoms with Gasteiger partial charge in [-0.15, -0.1) is 0 Å². The number of pyridine rings is 1. The molecular weight excluding hydrogens is 458 g/mol. The molecule has 0 saturated carbocycles. The summed E-state index contributed by atoms with van der Waals surface area (Å²) >= 11 is 0. The van der Waals surface area contributed by atoms with Crippen molar-refractivity contribution in [2.75, 3.05) is 17.2 Å². The van der Waals surface area contributed by atoms with Gasteiger partial charge in [-0.2, -0.15) is 0 Å². The number of hydrogen-bond donors (Lipinski definition) is 2. The van der Waals surface area contributed by atoms with Crippen LogP contribution in [0.5, 0.6) is 0 Å². The average molecular weight is 482 g/mol. The molecule has 0 bridgehead atoms. The highest BCUT2D eigenvalue weighted by atomic mass is 16.5. The van der Waals surface area contributed by atoms with Crippen LogP contribution in [0.15, 0.2) is 71.3 Å². The Hall–Kier alpha value is -4.72. The standard InChI is InChI=1S/C28H23N3O5/c1-17(32)29-19-9-11-20(12-10-19)30-25(33)16-36-28(34)26-22-6-2-3-7-24(22)31-27-18(8-13-23(26)27)15-21-5-4-14-35-21/h2-7,9-12,14-15H,8,13,16H2,1H3,(H,29,32)(H,30,33)/b18-15+. The number of carbonyl (C=O) groups excluding carboxylic acids is 3. The van der Waals surface area contributed by atoms with Gasteiger partial charge < -0.3 is 19.8 Å². The first kappa shape index (κ1) is 23.0. The lowest BCUT2D eigenvalue weighted by atomic mass is 10.0. The molecular formula is C28H23N3O5. The number of amides is 2. The van der Waals surface area contributed by atoms with Crippen molar-refractivity contribution >= 4 is 51.7 Å². The van der Waals surface area contributed by atoms with Crippen LogP contribution in [0.1, 0.15) is 40.7 Å². The molecule has 36 heavy (non-hydrogen) atoms. The minimum Gasteiger partial charge on any atom is -0.465 e. The molecule has 2 aromatic heterocycles. The summed E-state index contributed by atoms with van der Waals surface area (Å²) in [5.41, 5.74) is 4.80. The largest absolute Gasteiger partial charge is 0.465 e. The molecule has 2 heterocycles. The quantitative estimate of drug-likeness (QED) is 0.372. The fourth-order valence-electron chi connectivity index (χ4n) is 4.30. The van der Waals surface area contributed by atoms with Gasteiger partial charge in [0.15, 0.2) is 6.61 Å². The Bertz CT molecular complexity index is 1490. The molecule has 1 aliphatic rings. The summed E-state index contributed by atoms with van der Waals surface area (Å²) in [5, 5.41) is 6.04. The highest BCUT2D eigenvalue weighted by molar-refractivity contribution is 6.08. The van der Waals surface area contributed by atoms with Gasteiger partial charge in [0.25, 0.3) is 5.91 Å². The Labute approximate surface area is 207 Å². The summed E-state index contributed by atoms with van der Waals surface area (Å²) in [6, 6.07) is 17.7. The molecule has 1 aliphatic carbocycles. The highest BCUT2D eigenvalue weighted by Crippen LogP contribution is 2.37. The van der Waals surface area contributed by atoms with Gasteiger partial charge in [-0.05, 0) is 72.5 Å². The number of benzene rings is 2. The summed E-state index contributed by atoms with van der Waals surface area (Å²) in [6.07, 6.45) is 4.90. The number of allylic oxidation sites excluding steroid dienone is 1. The van der Waals surface area contributed by atoms with Gasteiger partial charge in [-0.3, -0.25) is 9.59 Å². The van der Waals surface area contributed by atoms with Crippen LogP contribution < -0.4 is 10.6 Å². The second-order valence-electron chi connectivity index (χ2n) is 8.40. The highest BCUT2D eigenvalue weighted by Gasteiger charge is 2.28. The number of aromatic nitrogens is 1. The maximum absolute atomic E-state index is 13.2. The second kappa shape index (κ2) is 9.87. The molecule has 0 saturated heterocycles. The van der Waals surface area contributed by atoms with Crippen molar-refractivity contribution in [1.82, 2.24) is 4.98 Å². The van der Waals surface area contributed by atoms with E-state index in [2.05, 4.69) is 10.6 Å². The third-order valence-corrected chi connectivity index (χ3v) is 5.83. The Morgan fingerprint density at radius 3 is 2.44 bits per heavy atom. The van der Waals surface area contributed by atoms with E-state index in [1.165, 1.54) is 6.92 Å². The topological polar surface area (TPSA) is 111 Å². The number of anilines is 2. The number of furan rings is 1. The summed E-state index contributed by atoms with van der Waals surface area (Å²) in [4.78, 5) is 41.6. The van der Waals surface area contributed by atoms with Crippen molar-refractivity contribution in [3.63, 3.8) is 0 Å². The van der Waals surface area contributed by atoms with Crippen molar-refractivity contribution < 1.29 is 23.5 Å². The van der Waals surface area contributed by atoms with E-state index in [0.717, 1.165) is 22.6 Å². The van der Waals surface area contributed by atoms with Crippen LogP contribution in [0.2, 0.25) is 0 Å². The second-order valence-corrected chi connectivity index (χ2v) is 8.40. The summed E-state index contributed by atoms with van der Waals surface area (Å²) in [7, 11) is 0. The van der Waals surface area contributed by atoms with Crippen LogP contribution in [0.4, 0.5) is 11.4 Å². The van der Waals surface area contributed by atoms with E-state index in [-0.39, 0.29) is 5.91 Å². The van der Waals surface area contributed by atoms with Crippen molar-refractivity contribution in [2.24, 2.45) is 0 Å². The number of nitrogens with one attached hydrogen (secondary N) is 2. The molecule has 8 nitrogen and oxygen atoms in total. The minimum atomic E-state index is -0.569. The minimum absolute atomic E-state index is 0.183. The van der Waals surface area contributed by atoms with E-state index in [1.54, 1.807) is 30.5 Å². The normalized spacial score (nSPS) is 13.4. The molecule has 0 atom stereocenters. The van der Waals surface area contributed by atoms with Crippen molar-refractivity contribution in [3.8, 4) is 0 Å². The number of esters is 1. The number of fused-ring (bicyclic) bond motifs is 2. The van der Waals surface area contributed by atoms with E-state index >= 15 is 0 Å². The Morgan fingerprint density at radius 2 is 1.72 bits per heavy atom. The number of para-hydroxylation sites is 1. The monoisotopic (exact) mass is 481 g/mol. The van der Waals surface area contributed by atoms with Crippen LogP contribution in [0, 0.1) is 0 Å². The van der Waals surface area contributed by atoms with Gasteiger partial charge in [0.2, 0.25) is 5.91 Å². The molecule has 0 fully saturated rings. The maximum atomic E-state index is 13.2. The van der Waals surface area contributed by atoms with E-state index in [0.29, 0.717) is 40.7 Å². The maximum Gasteiger partial charge on any atom is 0.339 e. The predicted molar refractivity (Wildman–Crippen MR) is 136 cm³/mol. The first-order chi connectivity index (χ1) is 17.5. The third kappa shape index (κ3) is 4.88. The number of hydrogen-bond acceptors (Lipinski definition) is 6. The Balaban J connectivity index is 1.35. The van der Waals surface area contributed by atoms with Crippen molar-refractivity contribution in [2.45, 2.75) is 19.8 Å². The molecule has 180 valence electrons. The van der Waals surface area contributed by atoms with Gasteiger partial charge in [-0.25, -0.2) is 9.78 Å². The molecule has 2 N–H and O–H groups in total. The molecule has 0 aliphatic heterocycles. The lowest BCUT2D eigenvalue weighted by Gasteiger charge is -2.12. The SMILES string of the molecule is CC(=O)Nc1ccc(NC(=O)COC(=O)c2c3c(nc4ccccc24)/C(=C/c2ccco2)CC3)cc1. The van der Waals surface area contributed by atoms with Crippen LogP contribution >= 0.6 is 0 Å². The van der Waals surface area contributed by atoms with Gasteiger partial charge in [0, 0.05) is 23.7 Å².